The van der Waals surface area contributed by atoms with E-state index in [0.29, 0.717) is 5.69 Å². The Bertz CT molecular complexity index is 518. The molecule has 0 amide bonds. The predicted molar refractivity (Wildman–Crippen MR) is 63.9 cm³/mol. The molecule has 6 heteroatoms. The monoisotopic (exact) mass is 280 g/mol. The fourth-order valence-corrected chi connectivity index (χ4v) is 1.82. The Kier molecular flexibility index (Phi) is 3.00. The van der Waals surface area contributed by atoms with E-state index < -0.39 is 0 Å². The van der Waals surface area contributed by atoms with Crippen LogP contribution in [0.3, 0.4) is 0 Å². The van der Waals surface area contributed by atoms with Crippen LogP contribution in [-0.4, -0.2) is 22.3 Å². The van der Waals surface area contributed by atoms with Crippen molar-refractivity contribution < 1.29 is 4.74 Å². The van der Waals surface area contributed by atoms with Crippen molar-refractivity contribution >= 4 is 21.9 Å². The second-order valence-electron chi connectivity index (χ2n) is 3.05. The van der Waals surface area contributed by atoms with Crippen LogP contribution in [0.15, 0.2) is 28.9 Å². The molecule has 0 aliphatic rings. The Morgan fingerprint density at radius 3 is 2.81 bits per heavy atom. The normalized spacial score (nSPS) is 10.1. The van der Waals surface area contributed by atoms with Crippen molar-refractivity contribution in [1.29, 1.82) is 0 Å². The third-order valence-electron chi connectivity index (χ3n) is 2.02. The summed E-state index contributed by atoms with van der Waals surface area (Å²) in [6.07, 6.45) is 1.56. The van der Waals surface area contributed by atoms with Crippen molar-refractivity contribution in [2.24, 2.45) is 0 Å². The van der Waals surface area contributed by atoms with Gasteiger partial charge in [-0.25, -0.2) is 4.98 Å². The minimum absolute atomic E-state index is 0.157. The fraction of sp³-hybridized carbons (Fsp3) is 0.100. The van der Waals surface area contributed by atoms with Crippen LogP contribution in [0.5, 0.6) is 5.75 Å². The van der Waals surface area contributed by atoms with Crippen molar-refractivity contribution in [3.05, 3.63) is 28.9 Å². The highest BCUT2D eigenvalue weighted by molar-refractivity contribution is 9.10. The highest BCUT2D eigenvalue weighted by atomic mass is 79.9. The number of hydrogen-bond donors (Lipinski definition) is 1. The summed E-state index contributed by atoms with van der Waals surface area (Å²) in [6.45, 7) is 0. The lowest BCUT2D eigenvalue weighted by atomic mass is 10.1. The summed E-state index contributed by atoms with van der Waals surface area (Å²) in [6, 6.07) is 5.62. The number of nitrogen functional groups attached to an aromatic ring is 1. The third kappa shape index (κ3) is 2.11. The fourth-order valence-electron chi connectivity index (χ4n) is 1.28. The molecule has 0 bridgehead atoms. The lowest BCUT2D eigenvalue weighted by Gasteiger charge is -2.05. The number of hydrogen-bond acceptors (Lipinski definition) is 5. The van der Waals surface area contributed by atoms with E-state index in [1.54, 1.807) is 13.3 Å². The lowest BCUT2D eigenvalue weighted by molar-refractivity contribution is 0.412. The van der Waals surface area contributed by atoms with Crippen LogP contribution in [0.25, 0.3) is 11.3 Å². The molecule has 1 heterocycles. The molecule has 0 saturated heterocycles. The molecule has 2 rings (SSSR count). The largest absolute Gasteiger partial charge is 0.496 e. The molecule has 0 spiro atoms. The molecule has 16 heavy (non-hydrogen) atoms. The molecule has 0 unspecified atom stereocenters. The van der Waals surface area contributed by atoms with Gasteiger partial charge in [0.15, 0.2) is 0 Å². The number of benzene rings is 1. The van der Waals surface area contributed by atoms with Crippen LogP contribution >= 0.6 is 15.9 Å². The van der Waals surface area contributed by atoms with E-state index in [9.17, 15) is 0 Å². The Hall–Kier alpha value is -1.69. The van der Waals surface area contributed by atoms with Gasteiger partial charge in [-0.2, -0.15) is 5.10 Å². The molecule has 2 N–H and O–H groups in total. The van der Waals surface area contributed by atoms with Gasteiger partial charge in [-0.05, 0) is 34.1 Å². The zero-order valence-electron chi connectivity index (χ0n) is 8.51. The van der Waals surface area contributed by atoms with Crippen molar-refractivity contribution in [1.82, 2.24) is 15.2 Å². The van der Waals surface area contributed by atoms with Crippen molar-refractivity contribution in [3.8, 4) is 17.0 Å². The second-order valence-corrected chi connectivity index (χ2v) is 3.90. The van der Waals surface area contributed by atoms with Crippen LogP contribution < -0.4 is 10.5 Å². The first kappa shape index (κ1) is 10.8. The molecule has 0 atom stereocenters. The number of rotatable bonds is 2. The second kappa shape index (κ2) is 4.44. The van der Waals surface area contributed by atoms with Gasteiger partial charge in [0.25, 0.3) is 0 Å². The summed E-state index contributed by atoms with van der Waals surface area (Å²) < 4.78 is 5.99. The molecule has 0 saturated carbocycles. The molecular formula is C10H9BrN4O. The van der Waals surface area contributed by atoms with Crippen molar-refractivity contribution in [2.75, 3.05) is 12.8 Å². The average molecular weight is 281 g/mol. The van der Waals surface area contributed by atoms with E-state index in [4.69, 9.17) is 10.5 Å². The minimum Gasteiger partial charge on any atom is -0.496 e. The molecule has 2 aromatic rings. The van der Waals surface area contributed by atoms with E-state index >= 15 is 0 Å². The summed E-state index contributed by atoms with van der Waals surface area (Å²) >= 11 is 3.40. The molecule has 5 nitrogen and oxygen atoms in total. The highest BCUT2D eigenvalue weighted by Crippen LogP contribution is 2.29. The van der Waals surface area contributed by atoms with Gasteiger partial charge in [0.05, 0.1) is 23.5 Å². The first-order valence-corrected chi connectivity index (χ1v) is 5.29. The van der Waals surface area contributed by atoms with Gasteiger partial charge in [-0.3, -0.25) is 0 Å². The predicted octanol–water partition coefficient (Wildman–Crippen LogP) is 1.89. The third-order valence-corrected chi connectivity index (χ3v) is 2.64. The van der Waals surface area contributed by atoms with Crippen LogP contribution in [0.1, 0.15) is 0 Å². The number of methoxy groups -OCH3 is 1. The number of halogens is 1. The van der Waals surface area contributed by atoms with E-state index in [2.05, 4.69) is 31.1 Å². The Morgan fingerprint density at radius 2 is 2.19 bits per heavy atom. The Morgan fingerprint density at radius 1 is 1.38 bits per heavy atom. The zero-order valence-corrected chi connectivity index (χ0v) is 10.1. The standard InChI is InChI=1S/C10H9BrN4O/c1-16-9-3-2-6(4-7(9)11)8-5-13-15-10(12)14-8/h2-5H,1H3,(H2,12,14,15). The molecule has 0 fully saturated rings. The Balaban J connectivity index is 2.45. The molecule has 0 radical (unpaired) electrons. The summed E-state index contributed by atoms with van der Waals surface area (Å²) in [7, 11) is 1.62. The first-order chi connectivity index (χ1) is 7.70. The van der Waals surface area contributed by atoms with E-state index in [0.717, 1.165) is 15.8 Å². The first-order valence-electron chi connectivity index (χ1n) is 4.50. The maximum absolute atomic E-state index is 5.47. The van der Waals surface area contributed by atoms with Gasteiger partial charge in [0.2, 0.25) is 5.95 Å². The Labute approximate surface area is 101 Å². The average Bonchev–Trinajstić information content (AvgIpc) is 2.29. The van der Waals surface area contributed by atoms with Crippen molar-refractivity contribution in [2.45, 2.75) is 0 Å². The molecular weight excluding hydrogens is 272 g/mol. The van der Waals surface area contributed by atoms with Crippen molar-refractivity contribution in [3.63, 3.8) is 0 Å². The topological polar surface area (TPSA) is 73.9 Å². The van der Waals surface area contributed by atoms with Crippen LogP contribution in [0.2, 0.25) is 0 Å². The van der Waals surface area contributed by atoms with Crippen LogP contribution in [0.4, 0.5) is 5.95 Å². The minimum atomic E-state index is 0.157. The maximum atomic E-state index is 5.47. The molecule has 82 valence electrons. The van der Waals surface area contributed by atoms with Gasteiger partial charge in [-0.1, -0.05) is 0 Å². The zero-order chi connectivity index (χ0) is 11.5. The number of aromatic nitrogens is 3. The summed E-state index contributed by atoms with van der Waals surface area (Å²) in [5.41, 5.74) is 7.04. The van der Waals surface area contributed by atoms with Crippen LogP contribution in [-0.2, 0) is 0 Å². The van der Waals surface area contributed by atoms with Gasteiger partial charge in [-0.15, -0.1) is 5.10 Å². The van der Waals surface area contributed by atoms with Gasteiger partial charge < -0.3 is 10.5 Å². The van der Waals surface area contributed by atoms with E-state index in [1.807, 2.05) is 18.2 Å². The SMILES string of the molecule is COc1ccc(-c2cnnc(N)n2)cc1Br. The van der Waals surface area contributed by atoms with Gasteiger partial charge >= 0.3 is 0 Å². The maximum Gasteiger partial charge on any atom is 0.240 e. The van der Waals surface area contributed by atoms with Gasteiger partial charge in [0.1, 0.15) is 5.75 Å². The summed E-state index contributed by atoms with van der Waals surface area (Å²) in [4.78, 5) is 4.08. The van der Waals surface area contributed by atoms with E-state index in [-0.39, 0.29) is 5.95 Å². The number of nitrogens with zero attached hydrogens (tertiary/aromatic N) is 3. The van der Waals surface area contributed by atoms with Crippen LogP contribution in [0, 0.1) is 0 Å². The molecule has 0 aliphatic carbocycles. The molecule has 0 aliphatic heterocycles. The number of nitrogens with two attached hydrogens (primary N) is 1. The summed E-state index contributed by atoms with van der Waals surface area (Å²) in [5.74, 6) is 0.920. The number of anilines is 1. The smallest absolute Gasteiger partial charge is 0.240 e. The summed E-state index contributed by atoms with van der Waals surface area (Å²) in [5, 5.41) is 7.35. The van der Waals surface area contributed by atoms with E-state index in [1.165, 1.54) is 0 Å². The molecule has 1 aromatic carbocycles. The highest BCUT2D eigenvalue weighted by Gasteiger charge is 2.05. The van der Waals surface area contributed by atoms with Gasteiger partial charge in [0, 0.05) is 5.56 Å². The number of ether oxygens (including phenoxy) is 1. The quantitative estimate of drug-likeness (QED) is 0.909. The molecule has 1 aromatic heterocycles. The lowest BCUT2D eigenvalue weighted by Crippen LogP contribution is -1.98.